The molecule has 1 aliphatic rings. The molecule has 1 unspecified atom stereocenters. The Morgan fingerprint density at radius 2 is 1.86 bits per heavy atom. The van der Waals surface area contributed by atoms with Gasteiger partial charge in [-0.3, -0.25) is 4.72 Å². The Balaban J connectivity index is 1.52. The van der Waals surface area contributed by atoms with Crippen LogP contribution < -0.4 is 15.4 Å². The highest BCUT2D eigenvalue weighted by molar-refractivity contribution is 7.92. The van der Waals surface area contributed by atoms with Gasteiger partial charge in [-0.1, -0.05) is 11.6 Å². The molecule has 2 aromatic carbocycles. The van der Waals surface area contributed by atoms with Gasteiger partial charge in [0.25, 0.3) is 10.0 Å². The summed E-state index contributed by atoms with van der Waals surface area (Å²) in [6.07, 6.45) is 2.00. The number of rotatable bonds is 10. The number of imidazole rings is 1. The van der Waals surface area contributed by atoms with Gasteiger partial charge in [-0.15, -0.1) is 0 Å². The van der Waals surface area contributed by atoms with Crippen LogP contribution in [0.3, 0.4) is 0 Å². The average Bonchev–Trinajstić information content (AvgIpc) is 3.67. The summed E-state index contributed by atoms with van der Waals surface area (Å²) in [5.74, 6) is -2.42. The maximum Gasteiger partial charge on any atom is 0.404 e. The molecule has 16 heteroatoms. The van der Waals surface area contributed by atoms with E-state index in [2.05, 4.69) is 30.6 Å². The van der Waals surface area contributed by atoms with Gasteiger partial charge < -0.3 is 20.7 Å². The molecule has 0 bridgehead atoms. The molecule has 0 spiro atoms. The van der Waals surface area contributed by atoms with Gasteiger partial charge in [0.05, 0.1) is 22.0 Å². The van der Waals surface area contributed by atoms with E-state index < -0.39 is 50.2 Å². The minimum absolute atomic E-state index is 0.0404. The number of sulfonamides is 1. The first-order valence-corrected chi connectivity index (χ1v) is 14.4. The molecule has 5 rings (SSSR count). The van der Waals surface area contributed by atoms with E-state index in [1.54, 1.807) is 13.0 Å². The second-order valence-corrected chi connectivity index (χ2v) is 11.8. The lowest BCUT2D eigenvalue weighted by Gasteiger charge is -2.13. The number of aromatic nitrogens is 4. The SMILES string of the molecule is CC(CNc1nccc(-c2[nH]c(C3CC3)nc2-c2cc(Cl)cc(NS(=O)(=O)c3cc(F)cc(F)c3)c2F)n1)NC(=O)O. The maximum absolute atomic E-state index is 16.0. The standard InChI is InChI=1S/C26H23ClF3N7O4S/c1-12(33-26(38)39)11-32-25-31-5-4-19(34-25)23-22(35-24(36-23)13-2-3-13)18-6-14(27)7-20(21(18)30)37-42(40,41)17-9-15(28)8-16(29)10-17/h4-10,12-13,33,37H,2-3,11H2,1H3,(H,35,36)(H,38,39)(H,31,32,34). The van der Waals surface area contributed by atoms with E-state index in [4.69, 9.17) is 16.7 Å². The number of nitrogens with zero attached hydrogens (tertiary/aromatic N) is 3. The normalized spacial score (nSPS) is 13.9. The number of anilines is 2. The van der Waals surface area contributed by atoms with Crippen LogP contribution in [0.5, 0.6) is 0 Å². The number of halogens is 4. The lowest BCUT2D eigenvalue weighted by molar-refractivity contribution is 0.191. The lowest BCUT2D eigenvalue weighted by Crippen LogP contribution is -2.36. The van der Waals surface area contributed by atoms with Crippen LogP contribution in [0.15, 0.2) is 47.5 Å². The Labute approximate surface area is 242 Å². The molecule has 1 saturated carbocycles. The monoisotopic (exact) mass is 621 g/mol. The topological polar surface area (TPSA) is 162 Å². The Bertz CT molecular complexity index is 1760. The zero-order valence-electron chi connectivity index (χ0n) is 21.8. The van der Waals surface area contributed by atoms with Crippen LogP contribution in [-0.4, -0.2) is 52.1 Å². The molecule has 11 nitrogen and oxygen atoms in total. The second-order valence-electron chi connectivity index (χ2n) is 9.64. The van der Waals surface area contributed by atoms with E-state index in [1.165, 1.54) is 12.3 Å². The summed E-state index contributed by atoms with van der Waals surface area (Å²) in [4.78, 5) is 26.5. The van der Waals surface area contributed by atoms with Gasteiger partial charge in [0.2, 0.25) is 5.95 Å². The van der Waals surface area contributed by atoms with Crippen LogP contribution in [0.1, 0.15) is 31.5 Å². The summed E-state index contributed by atoms with van der Waals surface area (Å²) in [5.41, 5.74) is 0.00339. The van der Waals surface area contributed by atoms with Crippen LogP contribution in [0, 0.1) is 17.5 Å². The Morgan fingerprint density at radius 3 is 2.52 bits per heavy atom. The molecule has 5 N–H and O–H groups in total. The van der Waals surface area contributed by atoms with E-state index >= 15 is 4.39 Å². The molecule has 0 aliphatic heterocycles. The molecule has 2 heterocycles. The van der Waals surface area contributed by atoms with Gasteiger partial charge in [0.1, 0.15) is 23.2 Å². The molecule has 2 aromatic heterocycles. The molecular weight excluding hydrogens is 599 g/mol. The van der Waals surface area contributed by atoms with Crippen molar-refractivity contribution in [2.75, 3.05) is 16.6 Å². The fourth-order valence-corrected chi connectivity index (χ4v) is 5.44. The van der Waals surface area contributed by atoms with Crippen molar-refractivity contribution in [2.24, 2.45) is 0 Å². The zero-order chi connectivity index (χ0) is 30.2. The van der Waals surface area contributed by atoms with Gasteiger partial charge in [-0.2, -0.15) is 0 Å². The number of H-pyrrole nitrogens is 1. The van der Waals surface area contributed by atoms with E-state index in [0.29, 0.717) is 35.4 Å². The highest BCUT2D eigenvalue weighted by atomic mass is 35.5. The highest BCUT2D eigenvalue weighted by Gasteiger charge is 2.30. The van der Waals surface area contributed by atoms with Gasteiger partial charge in [-0.05, 0) is 50.1 Å². The molecule has 1 atom stereocenters. The number of hydrogen-bond donors (Lipinski definition) is 5. The van der Waals surface area contributed by atoms with E-state index in [-0.39, 0.29) is 34.7 Å². The minimum atomic E-state index is -4.61. The fraction of sp³-hybridized carbons (Fsp3) is 0.231. The molecular formula is C26H23ClF3N7O4S. The molecule has 0 saturated heterocycles. The quantitative estimate of drug-likeness (QED) is 0.158. The largest absolute Gasteiger partial charge is 0.465 e. The number of carbonyl (C=O) groups is 1. The molecule has 4 aromatic rings. The molecule has 1 fully saturated rings. The van der Waals surface area contributed by atoms with Gasteiger partial charge >= 0.3 is 6.09 Å². The summed E-state index contributed by atoms with van der Waals surface area (Å²) in [6.45, 7) is 1.83. The Hall–Kier alpha value is -4.37. The predicted molar refractivity (Wildman–Crippen MR) is 148 cm³/mol. The zero-order valence-corrected chi connectivity index (χ0v) is 23.3. The molecule has 0 radical (unpaired) electrons. The predicted octanol–water partition coefficient (Wildman–Crippen LogP) is 5.35. The van der Waals surface area contributed by atoms with Crippen molar-refractivity contribution in [3.05, 3.63) is 70.9 Å². The van der Waals surface area contributed by atoms with Crippen LogP contribution in [0.25, 0.3) is 22.6 Å². The number of hydrogen-bond acceptors (Lipinski definition) is 7. The molecule has 1 amide bonds. The summed E-state index contributed by atoms with van der Waals surface area (Å²) in [6, 6.07) is 5.11. The Kier molecular flexibility index (Phi) is 7.97. The molecule has 220 valence electrons. The van der Waals surface area contributed by atoms with Crippen molar-refractivity contribution in [3.63, 3.8) is 0 Å². The minimum Gasteiger partial charge on any atom is -0.465 e. The van der Waals surface area contributed by atoms with Gasteiger partial charge in [0.15, 0.2) is 5.82 Å². The van der Waals surface area contributed by atoms with Crippen LogP contribution >= 0.6 is 11.6 Å². The smallest absolute Gasteiger partial charge is 0.404 e. The van der Waals surface area contributed by atoms with Gasteiger partial charge in [-0.25, -0.2) is 41.3 Å². The van der Waals surface area contributed by atoms with Crippen molar-refractivity contribution in [2.45, 2.75) is 36.6 Å². The second kappa shape index (κ2) is 11.5. The van der Waals surface area contributed by atoms with E-state index in [1.807, 2.05) is 4.72 Å². The van der Waals surface area contributed by atoms with Crippen molar-refractivity contribution >= 4 is 39.4 Å². The fourth-order valence-electron chi connectivity index (χ4n) is 4.13. The first-order valence-electron chi connectivity index (χ1n) is 12.5. The first-order chi connectivity index (χ1) is 19.9. The van der Waals surface area contributed by atoms with E-state index in [0.717, 1.165) is 18.9 Å². The number of aromatic amines is 1. The van der Waals surface area contributed by atoms with Crippen molar-refractivity contribution < 1.29 is 31.5 Å². The molecule has 1 aliphatic carbocycles. The highest BCUT2D eigenvalue weighted by Crippen LogP contribution is 2.43. The Morgan fingerprint density at radius 1 is 1.14 bits per heavy atom. The summed E-state index contributed by atoms with van der Waals surface area (Å²) >= 11 is 6.27. The number of benzene rings is 2. The summed E-state index contributed by atoms with van der Waals surface area (Å²) in [7, 11) is -4.61. The summed E-state index contributed by atoms with van der Waals surface area (Å²) < 4.78 is 71.1. The third-order valence-corrected chi connectivity index (χ3v) is 7.78. The van der Waals surface area contributed by atoms with Crippen molar-refractivity contribution in [1.29, 1.82) is 0 Å². The van der Waals surface area contributed by atoms with Crippen LogP contribution in [-0.2, 0) is 10.0 Å². The summed E-state index contributed by atoms with van der Waals surface area (Å²) in [5, 5.41) is 14.1. The van der Waals surface area contributed by atoms with E-state index in [9.17, 15) is 22.0 Å². The number of nitrogens with one attached hydrogen (secondary N) is 4. The number of amides is 1. The van der Waals surface area contributed by atoms with Gasteiger partial charge in [0, 0.05) is 41.4 Å². The average molecular weight is 622 g/mol. The number of carboxylic acid groups (broad SMARTS) is 1. The third-order valence-electron chi connectivity index (χ3n) is 6.22. The van der Waals surface area contributed by atoms with Crippen LogP contribution in [0.4, 0.5) is 29.6 Å². The third kappa shape index (κ3) is 6.57. The van der Waals surface area contributed by atoms with Crippen LogP contribution in [0.2, 0.25) is 5.02 Å². The van der Waals surface area contributed by atoms with Crippen molar-refractivity contribution in [3.8, 4) is 22.6 Å². The lowest BCUT2D eigenvalue weighted by atomic mass is 10.1. The molecule has 42 heavy (non-hydrogen) atoms. The van der Waals surface area contributed by atoms with Crippen molar-refractivity contribution in [1.82, 2.24) is 25.3 Å². The first kappa shape index (κ1) is 29.1. The maximum atomic E-state index is 16.0.